The minimum absolute atomic E-state index is 0.0170. The van der Waals surface area contributed by atoms with E-state index in [4.69, 9.17) is 10.5 Å². The zero-order valence-corrected chi connectivity index (χ0v) is 13.2. The van der Waals surface area contributed by atoms with Crippen molar-refractivity contribution in [2.75, 3.05) is 7.11 Å². The summed E-state index contributed by atoms with van der Waals surface area (Å²) >= 11 is 0. The third kappa shape index (κ3) is 3.63. The Hall–Kier alpha value is -1.39. The number of ether oxygens (including phenoxy) is 1. The van der Waals surface area contributed by atoms with Gasteiger partial charge in [0.15, 0.2) is 0 Å². The van der Waals surface area contributed by atoms with Crippen molar-refractivity contribution in [3.8, 4) is 0 Å². The van der Waals surface area contributed by atoms with Crippen LogP contribution in [-0.4, -0.2) is 30.0 Å². The smallest absolute Gasteiger partial charge is 0.223 e. The van der Waals surface area contributed by atoms with Crippen molar-refractivity contribution in [2.45, 2.75) is 57.8 Å². The average Bonchev–Trinajstić information content (AvgIpc) is 2.58. The number of methoxy groups -OCH3 is 1. The molecule has 1 amide bonds. The standard InChI is InChI=1S/C17H26N2O2/c1-12(2)19-16(20)9-5-8-15(18)17(19)14-7-4-6-13(10-14)11-21-3/h4,6-7,10,12,15,17H,5,8-9,11,18H2,1-3H3. The molecule has 4 heteroatoms. The quantitative estimate of drug-likeness (QED) is 0.927. The van der Waals surface area contributed by atoms with E-state index in [1.54, 1.807) is 7.11 Å². The zero-order valence-electron chi connectivity index (χ0n) is 13.2. The Labute approximate surface area is 127 Å². The first-order chi connectivity index (χ1) is 10.0. The second kappa shape index (κ2) is 7.05. The molecule has 2 rings (SSSR count). The van der Waals surface area contributed by atoms with Gasteiger partial charge in [0.05, 0.1) is 12.6 Å². The van der Waals surface area contributed by atoms with Crippen LogP contribution in [0, 0.1) is 0 Å². The summed E-state index contributed by atoms with van der Waals surface area (Å²) in [6.07, 6.45) is 2.35. The summed E-state index contributed by atoms with van der Waals surface area (Å²) in [4.78, 5) is 14.4. The zero-order chi connectivity index (χ0) is 15.4. The van der Waals surface area contributed by atoms with E-state index < -0.39 is 0 Å². The van der Waals surface area contributed by atoms with Crippen LogP contribution >= 0.6 is 0 Å². The molecule has 4 nitrogen and oxygen atoms in total. The minimum Gasteiger partial charge on any atom is -0.380 e. The maximum absolute atomic E-state index is 12.4. The molecule has 1 aromatic carbocycles. The highest BCUT2D eigenvalue weighted by Gasteiger charge is 2.34. The molecule has 1 saturated heterocycles. The normalized spacial score (nSPS) is 23.5. The summed E-state index contributed by atoms with van der Waals surface area (Å²) in [6, 6.07) is 8.33. The van der Waals surface area contributed by atoms with Gasteiger partial charge in [-0.05, 0) is 37.8 Å². The van der Waals surface area contributed by atoms with Crippen molar-refractivity contribution in [1.82, 2.24) is 4.90 Å². The fourth-order valence-corrected chi connectivity index (χ4v) is 3.19. The van der Waals surface area contributed by atoms with Crippen molar-refractivity contribution in [3.05, 3.63) is 35.4 Å². The summed E-state index contributed by atoms with van der Waals surface area (Å²) in [6.45, 7) is 4.69. The highest BCUT2D eigenvalue weighted by molar-refractivity contribution is 5.77. The van der Waals surface area contributed by atoms with E-state index >= 15 is 0 Å². The molecular formula is C17H26N2O2. The third-order valence-corrected chi connectivity index (χ3v) is 4.08. The van der Waals surface area contributed by atoms with Gasteiger partial charge in [-0.25, -0.2) is 0 Å². The molecule has 0 spiro atoms. The molecule has 1 fully saturated rings. The first-order valence-electron chi connectivity index (χ1n) is 7.69. The van der Waals surface area contributed by atoms with Crippen LogP contribution in [0.5, 0.6) is 0 Å². The maximum Gasteiger partial charge on any atom is 0.223 e. The first-order valence-corrected chi connectivity index (χ1v) is 7.69. The number of carbonyl (C=O) groups is 1. The summed E-state index contributed by atoms with van der Waals surface area (Å²) in [5.41, 5.74) is 8.63. The van der Waals surface area contributed by atoms with E-state index in [-0.39, 0.29) is 24.0 Å². The van der Waals surface area contributed by atoms with Crippen LogP contribution in [0.4, 0.5) is 0 Å². The van der Waals surface area contributed by atoms with E-state index in [0.717, 1.165) is 24.0 Å². The highest BCUT2D eigenvalue weighted by atomic mass is 16.5. The van der Waals surface area contributed by atoms with Gasteiger partial charge in [0.1, 0.15) is 0 Å². The van der Waals surface area contributed by atoms with E-state index in [0.29, 0.717) is 13.0 Å². The molecule has 2 unspecified atom stereocenters. The lowest BCUT2D eigenvalue weighted by atomic mass is 9.94. The van der Waals surface area contributed by atoms with Gasteiger partial charge in [0.2, 0.25) is 5.91 Å². The topological polar surface area (TPSA) is 55.6 Å². The van der Waals surface area contributed by atoms with Crippen molar-refractivity contribution in [2.24, 2.45) is 5.73 Å². The van der Waals surface area contributed by atoms with Crippen molar-refractivity contribution in [3.63, 3.8) is 0 Å². The number of nitrogens with two attached hydrogens (primary N) is 1. The van der Waals surface area contributed by atoms with Crippen molar-refractivity contribution >= 4 is 5.91 Å². The molecule has 0 aromatic heterocycles. The molecule has 1 aliphatic rings. The molecule has 0 bridgehead atoms. The number of benzene rings is 1. The number of amides is 1. The molecule has 0 saturated carbocycles. The summed E-state index contributed by atoms with van der Waals surface area (Å²) in [5, 5.41) is 0. The lowest BCUT2D eigenvalue weighted by Crippen LogP contribution is -2.45. The number of rotatable bonds is 4. The van der Waals surface area contributed by atoms with Crippen LogP contribution in [0.25, 0.3) is 0 Å². The number of carbonyl (C=O) groups excluding carboxylic acids is 1. The van der Waals surface area contributed by atoms with Crippen LogP contribution in [0.1, 0.15) is 50.3 Å². The van der Waals surface area contributed by atoms with Crippen LogP contribution < -0.4 is 5.73 Å². The maximum atomic E-state index is 12.4. The molecule has 1 heterocycles. The lowest BCUT2D eigenvalue weighted by molar-refractivity contribution is -0.135. The molecular weight excluding hydrogens is 264 g/mol. The second-order valence-electron chi connectivity index (χ2n) is 6.07. The molecule has 2 N–H and O–H groups in total. The van der Waals surface area contributed by atoms with E-state index in [9.17, 15) is 4.79 Å². The van der Waals surface area contributed by atoms with E-state index in [1.807, 2.05) is 17.0 Å². The van der Waals surface area contributed by atoms with Gasteiger partial charge in [-0.1, -0.05) is 24.3 Å². The summed E-state index contributed by atoms with van der Waals surface area (Å²) < 4.78 is 5.21. The number of nitrogens with zero attached hydrogens (tertiary/aromatic N) is 1. The van der Waals surface area contributed by atoms with E-state index in [2.05, 4.69) is 26.0 Å². The van der Waals surface area contributed by atoms with Crippen LogP contribution in [0.3, 0.4) is 0 Å². The van der Waals surface area contributed by atoms with Crippen LogP contribution in [0.2, 0.25) is 0 Å². The van der Waals surface area contributed by atoms with Gasteiger partial charge >= 0.3 is 0 Å². The van der Waals surface area contributed by atoms with Crippen LogP contribution in [-0.2, 0) is 16.1 Å². The summed E-state index contributed by atoms with van der Waals surface area (Å²) in [5.74, 6) is 0.208. The van der Waals surface area contributed by atoms with Crippen molar-refractivity contribution in [1.29, 1.82) is 0 Å². The predicted molar refractivity (Wildman–Crippen MR) is 83.7 cm³/mol. The average molecular weight is 290 g/mol. The Morgan fingerprint density at radius 1 is 1.43 bits per heavy atom. The van der Waals surface area contributed by atoms with Gasteiger partial charge in [-0.3, -0.25) is 4.79 Å². The van der Waals surface area contributed by atoms with Crippen LogP contribution in [0.15, 0.2) is 24.3 Å². The van der Waals surface area contributed by atoms with Crippen molar-refractivity contribution < 1.29 is 9.53 Å². The SMILES string of the molecule is COCc1cccc(C2C(N)CCCC(=O)N2C(C)C)c1. The largest absolute Gasteiger partial charge is 0.380 e. The molecule has 1 aliphatic heterocycles. The number of hydrogen-bond acceptors (Lipinski definition) is 3. The molecule has 2 atom stereocenters. The minimum atomic E-state index is -0.0446. The van der Waals surface area contributed by atoms with Gasteiger partial charge in [0, 0.05) is 25.6 Å². The fraction of sp³-hybridized carbons (Fsp3) is 0.588. The molecule has 0 radical (unpaired) electrons. The second-order valence-corrected chi connectivity index (χ2v) is 6.07. The molecule has 116 valence electrons. The molecule has 1 aromatic rings. The van der Waals surface area contributed by atoms with Gasteiger partial charge in [-0.15, -0.1) is 0 Å². The molecule has 0 aliphatic carbocycles. The predicted octanol–water partition coefficient (Wildman–Crippen LogP) is 2.62. The number of hydrogen-bond donors (Lipinski definition) is 1. The Morgan fingerprint density at radius 2 is 2.19 bits per heavy atom. The Morgan fingerprint density at radius 3 is 2.86 bits per heavy atom. The van der Waals surface area contributed by atoms with Gasteiger partial charge in [-0.2, -0.15) is 0 Å². The highest BCUT2D eigenvalue weighted by Crippen LogP contribution is 2.32. The number of likely N-dealkylation sites (tertiary alicyclic amines) is 1. The lowest BCUT2D eigenvalue weighted by Gasteiger charge is -2.37. The molecule has 21 heavy (non-hydrogen) atoms. The fourth-order valence-electron chi connectivity index (χ4n) is 3.19. The Balaban J connectivity index is 2.39. The summed E-state index contributed by atoms with van der Waals surface area (Å²) in [7, 11) is 1.69. The monoisotopic (exact) mass is 290 g/mol. The Bertz CT molecular complexity index is 487. The van der Waals surface area contributed by atoms with E-state index in [1.165, 1.54) is 0 Å². The van der Waals surface area contributed by atoms with Gasteiger partial charge in [0.25, 0.3) is 0 Å². The first kappa shape index (κ1) is 16.0. The van der Waals surface area contributed by atoms with Gasteiger partial charge < -0.3 is 15.4 Å². The Kier molecular flexibility index (Phi) is 5.37. The third-order valence-electron chi connectivity index (χ3n) is 4.08.